The van der Waals surface area contributed by atoms with Crippen molar-refractivity contribution >= 4 is 6.03 Å². The fraction of sp³-hybridized carbons (Fsp3) is 0.650. The van der Waals surface area contributed by atoms with Crippen molar-refractivity contribution in [3.63, 3.8) is 0 Å². The van der Waals surface area contributed by atoms with Crippen LogP contribution in [0.25, 0.3) is 0 Å². The molecular formula is C20H31N3O2. The number of nitrogens with zero attached hydrogens (tertiary/aromatic N) is 2. The molecule has 1 saturated heterocycles. The van der Waals surface area contributed by atoms with Gasteiger partial charge in [-0.2, -0.15) is 0 Å². The van der Waals surface area contributed by atoms with E-state index in [0.717, 1.165) is 57.2 Å². The third-order valence-electron chi connectivity index (χ3n) is 5.56. The van der Waals surface area contributed by atoms with Gasteiger partial charge >= 0.3 is 6.03 Å². The van der Waals surface area contributed by atoms with Gasteiger partial charge in [0, 0.05) is 32.2 Å². The maximum absolute atomic E-state index is 12.3. The fourth-order valence-electron chi connectivity index (χ4n) is 3.80. The lowest BCUT2D eigenvalue weighted by Gasteiger charge is -2.34. The normalized spacial score (nSPS) is 19.9. The lowest BCUT2D eigenvalue weighted by molar-refractivity contribution is 0.0664. The molecule has 1 saturated carbocycles. The first-order valence-corrected chi connectivity index (χ1v) is 9.69. The zero-order chi connectivity index (χ0) is 17.6. The van der Waals surface area contributed by atoms with Gasteiger partial charge in [-0.15, -0.1) is 0 Å². The lowest BCUT2D eigenvalue weighted by Crippen LogP contribution is -2.47. The summed E-state index contributed by atoms with van der Waals surface area (Å²) in [6.45, 7) is 6.35. The SMILES string of the molecule is CCN(CCNC(=O)N1CCC(C(O)c2ccccc2)CC1)C1CC1. The van der Waals surface area contributed by atoms with E-state index in [1.807, 2.05) is 35.2 Å². The molecule has 1 aliphatic heterocycles. The minimum Gasteiger partial charge on any atom is -0.388 e. The second kappa shape index (κ2) is 8.68. The summed E-state index contributed by atoms with van der Waals surface area (Å²) in [4.78, 5) is 16.7. The minimum atomic E-state index is -0.428. The number of benzene rings is 1. The Kier molecular flexibility index (Phi) is 6.32. The molecule has 1 atom stereocenters. The van der Waals surface area contributed by atoms with Crippen LogP contribution in [0.5, 0.6) is 0 Å². The molecule has 1 unspecified atom stereocenters. The number of likely N-dealkylation sites (N-methyl/N-ethyl adjacent to an activating group) is 1. The highest BCUT2D eigenvalue weighted by atomic mass is 16.3. The number of aliphatic hydroxyl groups is 1. The molecule has 1 heterocycles. The second-order valence-corrected chi connectivity index (χ2v) is 7.27. The van der Waals surface area contributed by atoms with Crippen LogP contribution >= 0.6 is 0 Å². The molecule has 1 aromatic carbocycles. The number of hydrogen-bond acceptors (Lipinski definition) is 3. The molecule has 2 aliphatic rings. The third-order valence-corrected chi connectivity index (χ3v) is 5.56. The van der Waals surface area contributed by atoms with Crippen molar-refractivity contribution in [1.29, 1.82) is 0 Å². The summed E-state index contributed by atoms with van der Waals surface area (Å²) < 4.78 is 0. The summed E-state index contributed by atoms with van der Waals surface area (Å²) in [6, 6.07) is 10.6. The van der Waals surface area contributed by atoms with Crippen LogP contribution in [0, 0.1) is 5.92 Å². The number of rotatable bonds is 7. The van der Waals surface area contributed by atoms with Crippen molar-refractivity contribution < 1.29 is 9.90 Å². The maximum atomic E-state index is 12.3. The van der Waals surface area contributed by atoms with Gasteiger partial charge in [0.25, 0.3) is 0 Å². The Labute approximate surface area is 151 Å². The zero-order valence-electron chi connectivity index (χ0n) is 15.2. The Morgan fingerprint density at radius 1 is 1.24 bits per heavy atom. The molecule has 0 bridgehead atoms. The number of aliphatic hydroxyl groups excluding tert-OH is 1. The molecule has 2 N–H and O–H groups in total. The van der Waals surface area contributed by atoms with E-state index < -0.39 is 6.10 Å². The number of carbonyl (C=O) groups is 1. The summed E-state index contributed by atoms with van der Waals surface area (Å²) in [7, 11) is 0. The summed E-state index contributed by atoms with van der Waals surface area (Å²) >= 11 is 0. The highest BCUT2D eigenvalue weighted by Gasteiger charge is 2.29. The van der Waals surface area contributed by atoms with Crippen LogP contribution in [0.15, 0.2) is 30.3 Å². The van der Waals surface area contributed by atoms with Gasteiger partial charge in [0.1, 0.15) is 0 Å². The fourth-order valence-corrected chi connectivity index (χ4v) is 3.80. The van der Waals surface area contributed by atoms with Gasteiger partial charge < -0.3 is 15.3 Å². The first-order valence-electron chi connectivity index (χ1n) is 9.69. The highest BCUT2D eigenvalue weighted by Crippen LogP contribution is 2.30. The molecule has 0 aromatic heterocycles. The van der Waals surface area contributed by atoms with Gasteiger partial charge in [0.05, 0.1) is 6.10 Å². The van der Waals surface area contributed by atoms with E-state index in [-0.39, 0.29) is 11.9 Å². The van der Waals surface area contributed by atoms with Crippen molar-refractivity contribution in [3.8, 4) is 0 Å². The Bertz CT molecular complexity index is 539. The number of nitrogens with one attached hydrogen (secondary N) is 1. The van der Waals surface area contributed by atoms with Crippen LogP contribution in [-0.4, -0.2) is 59.7 Å². The standard InChI is InChI=1S/C20H31N3O2/c1-2-22(18-8-9-18)15-12-21-20(25)23-13-10-17(11-14-23)19(24)16-6-4-3-5-7-16/h3-7,17-19,24H,2,8-15H2,1H3,(H,21,25). The average Bonchev–Trinajstić information content (AvgIpc) is 3.50. The van der Waals surface area contributed by atoms with Crippen LogP contribution in [0.3, 0.4) is 0 Å². The van der Waals surface area contributed by atoms with Crippen molar-refractivity contribution in [2.24, 2.45) is 5.92 Å². The van der Waals surface area contributed by atoms with Crippen molar-refractivity contribution in [3.05, 3.63) is 35.9 Å². The number of likely N-dealkylation sites (tertiary alicyclic amines) is 1. The predicted octanol–water partition coefficient (Wildman–Crippen LogP) is 2.63. The quantitative estimate of drug-likeness (QED) is 0.799. The van der Waals surface area contributed by atoms with E-state index in [2.05, 4.69) is 17.1 Å². The number of carbonyl (C=O) groups excluding carboxylic acids is 1. The lowest BCUT2D eigenvalue weighted by atomic mass is 9.87. The van der Waals surface area contributed by atoms with Crippen LogP contribution in [0.1, 0.15) is 44.3 Å². The topological polar surface area (TPSA) is 55.8 Å². The van der Waals surface area contributed by atoms with E-state index in [4.69, 9.17) is 0 Å². The summed E-state index contributed by atoms with van der Waals surface area (Å²) in [5, 5.41) is 13.6. The second-order valence-electron chi connectivity index (χ2n) is 7.27. The molecule has 0 radical (unpaired) electrons. The van der Waals surface area contributed by atoms with Crippen LogP contribution in [0.4, 0.5) is 4.79 Å². The Balaban J connectivity index is 1.38. The van der Waals surface area contributed by atoms with E-state index in [1.165, 1.54) is 12.8 Å². The molecule has 138 valence electrons. The van der Waals surface area contributed by atoms with Crippen LogP contribution < -0.4 is 5.32 Å². The first kappa shape index (κ1) is 18.2. The molecule has 3 rings (SSSR count). The number of hydrogen-bond donors (Lipinski definition) is 2. The predicted molar refractivity (Wildman–Crippen MR) is 99.4 cm³/mol. The number of piperidine rings is 1. The van der Waals surface area contributed by atoms with E-state index >= 15 is 0 Å². The van der Waals surface area contributed by atoms with Crippen molar-refractivity contribution in [1.82, 2.24) is 15.1 Å². The summed E-state index contributed by atoms with van der Waals surface area (Å²) in [5.74, 6) is 0.233. The summed E-state index contributed by atoms with van der Waals surface area (Å²) in [5.41, 5.74) is 0.977. The number of urea groups is 1. The molecule has 5 nitrogen and oxygen atoms in total. The van der Waals surface area contributed by atoms with Crippen LogP contribution in [0.2, 0.25) is 0 Å². The Hall–Kier alpha value is -1.59. The highest BCUT2D eigenvalue weighted by molar-refractivity contribution is 5.74. The van der Waals surface area contributed by atoms with Crippen LogP contribution in [-0.2, 0) is 0 Å². The first-order chi connectivity index (χ1) is 12.2. The number of amides is 2. The zero-order valence-corrected chi connectivity index (χ0v) is 15.2. The van der Waals surface area contributed by atoms with Gasteiger partial charge in [-0.1, -0.05) is 37.3 Å². The third kappa shape index (κ3) is 4.95. The van der Waals surface area contributed by atoms with Gasteiger partial charge in [-0.05, 0) is 43.7 Å². The van der Waals surface area contributed by atoms with E-state index in [1.54, 1.807) is 0 Å². The van der Waals surface area contributed by atoms with Gasteiger partial charge in [-0.25, -0.2) is 4.79 Å². The van der Waals surface area contributed by atoms with Crippen molar-refractivity contribution in [2.45, 2.75) is 44.8 Å². The Morgan fingerprint density at radius 2 is 1.92 bits per heavy atom. The average molecular weight is 345 g/mol. The Morgan fingerprint density at radius 3 is 2.52 bits per heavy atom. The van der Waals surface area contributed by atoms with Gasteiger partial charge in [0.2, 0.25) is 0 Å². The molecule has 0 spiro atoms. The smallest absolute Gasteiger partial charge is 0.317 e. The van der Waals surface area contributed by atoms with Gasteiger partial charge in [-0.3, -0.25) is 4.90 Å². The molecular weight excluding hydrogens is 314 g/mol. The molecule has 5 heteroatoms. The summed E-state index contributed by atoms with van der Waals surface area (Å²) in [6.07, 6.45) is 3.89. The molecule has 25 heavy (non-hydrogen) atoms. The molecule has 2 amide bonds. The molecule has 2 fully saturated rings. The largest absolute Gasteiger partial charge is 0.388 e. The van der Waals surface area contributed by atoms with Crippen molar-refractivity contribution in [2.75, 3.05) is 32.7 Å². The van der Waals surface area contributed by atoms with E-state index in [9.17, 15) is 9.90 Å². The minimum absolute atomic E-state index is 0.0412. The van der Waals surface area contributed by atoms with Gasteiger partial charge in [0.15, 0.2) is 0 Å². The maximum Gasteiger partial charge on any atom is 0.317 e. The van der Waals surface area contributed by atoms with E-state index in [0.29, 0.717) is 0 Å². The monoisotopic (exact) mass is 345 g/mol. The molecule has 1 aromatic rings. The molecule has 1 aliphatic carbocycles.